The number of hydrogen-bond donors (Lipinski definition) is 2. The van der Waals surface area contributed by atoms with Crippen LogP contribution in [0.5, 0.6) is 0 Å². The van der Waals surface area contributed by atoms with E-state index in [-0.39, 0.29) is 0 Å². The predicted octanol–water partition coefficient (Wildman–Crippen LogP) is 1.56. The molecule has 0 radical (unpaired) electrons. The molecule has 0 bridgehead atoms. The maximum Gasteiger partial charge on any atom is 0.240 e. The van der Waals surface area contributed by atoms with Crippen molar-refractivity contribution in [3.05, 3.63) is 24.3 Å². The van der Waals surface area contributed by atoms with Crippen molar-refractivity contribution < 1.29 is 8.42 Å². The zero-order valence-electron chi connectivity index (χ0n) is 12.8. The molecule has 0 spiro atoms. The van der Waals surface area contributed by atoms with Gasteiger partial charge in [0.05, 0.1) is 4.90 Å². The number of nitrogens with one attached hydrogen (secondary N) is 2. The predicted molar refractivity (Wildman–Crippen MR) is 86.2 cm³/mol. The Labute approximate surface area is 127 Å². The van der Waals surface area contributed by atoms with Crippen LogP contribution in [0.4, 0.5) is 5.69 Å². The first-order chi connectivity index (χ1) is 10.1. The molecule has 1 heterocycles. The van der Waals surface area contributed by atoms with E-state index >= 15 is 0 Å². The van der Waals surface area contributed by atoms with Gasteiger partial charge in [-0.15, -0.1) is 0 Å². The second-order valence-electron chi connectivity index (χ2n) is 5.39. The number of nitrogens with zero attached hydrogens (tertiary/aromatic N) is 1. The number of piperidine rings is 1. The van der Waals surface area contributed by atoms with Crippen molar-refractivity contribution in [2.75, 3.05) is 31.6 Å². The molecule has 1 aliphatic heterocycles. The average Bonchev–Trinajstić information content (AvgIpc) is 2.54. The molecule has 1 unspecified atom stereocenters. The van der Waals surface area contributed by atoms with Gasteiger partial charge < -0.3 is 10.2 Å². The van der Waals surface area contributed by atoms with Gasteiger partial charge in [-0.3, -0.25) is 0 Å². The highest BCUT2D eigenvalue weighted by molar-refractivity contribution is 7.89. The second kappa shape index (κ2) is 7.24. The van der Waals surface area contributed by atoms with E-state index < -0.39 is 10.0 Å². The molecule has 1 aliphatic rings. The van der Waals surface area contributed by atoms with Crippen LogP contribution in [0.1, 0.15) is 26.2 Å². The van der Waals surface area contributed by atoms with Gasteiger partial charge in [0.15, 0.2) is 0 Å². The third-order valence-electron chi connectivity index (χ3n) is 4.02. The number of anilines is 1. The summed E-state index contributed by atoms with van der Waals surface area (Å²) in [7, 11) is -1.93. The molecule has 1 atom stereocenters. The summed E-state index contributed by atoms with van der Waals surface area (Å²) in [5, 5.41) is 3.55. The molecule has 1 saturated heterocycles. The zero-order chi connectivity index (χ0) is 15.3. The molecular weight excluding hydrogens is 286 g/mol. The zero-order valence-corrected chi connectivity index (χ0v) is 13.6. The van der Waals surface area contributed by atoms with Crippen molar-refractivity contribution in [3.63, 3.8) is 0 Å². The van der Waals surface area contributed by atoms with E-state index in [1.54, 1.807) is 12.1 Å². The lowest BCUT2D eigenvalue weighted by Crippen LogP contribution is -2.43. The monoisotopic (exact) mass is 311 g/mol. The van der Waals surface area contributed by atoms with Crippen molar-refractivity contribution in [2.45, 2.75) is 37.1 Å². The van der Waals surface area contributed by atoms with Crippen molar-refractivity contribution in [1.29, 1.82) is 0 Å². The Balaban J connectivity index is 2.08. The minimum Gasteiger partial charge on any atom is -0.370 e. The molecule has 6 heteroatoms. The fourth-order valence-corrected chi connectivity index (χ4v) is 3.45. The summed E-state index contributed by atoms with van der Waals surface area (Å²) >= 11 is 0. The highest BCUT2D eigenvalue weighted by Gasteiger charge is 2.17. The van der Waals surface area contributed by atoms with Crippen LogP contribution < -0.4 is 14.9 Å². The molecule has 21 heavy (non-hydrogen) atoms. The summed E-state index contributed by atoms with van der Waals surface area (Å²) in [5.41, 5.74) is 1.07. The van der Waals surface area contributed by atoms with Crippen molar-refractivity contribution >= 4 is 15.7 Å². The highest BCUT2D eigenvalue weighted by atomic mass is 32.2. The molecule has 1 aromatic carbocycles. The third-order valence-corrected chi connectivity index (χ3v) is 5.45. The quantitative estimate of drug-likeness (QED) is 0.837. The Bertz CT molecular complexity index is 537. The smallest absolute Gasteiger partial charge is 0.240 e. The molecular formula is C15H25N3O2S. The first-order valence-electron chi connectivity index (χ1n) is 7.58. The van der Waals surface area contributed by atoms with Crippen molar-refractivity contribution in [3.8, 4) is 0 Å². The van der Waals surface area contributed by atoms with E-state index in [9.17, 15) is 8.42 Å². The molecule has 0 amide bonds. The van der Waals surface area contributed by atoms with Crippen LogP contribution in [0.3, 0.4) is 0 Å². The van der Waals surface area contributed by atoms with Gasteiger partial charge >= 0.3 is 0 Å². The molecule has 118 valence electrons. The summed E-state index contributed by atoms with van der Waals surface area (Å²) < 4.78 is 25.8. The Morgan fingerprint density at radius 2 is 2.00 bits per heavy atom. The largest absolute Gasteiger partial charge is 0.370 e. The van der Waals surface area contributed by atoms with Gasteiger partial charge in [-0.1, -0.05) is 6.42 Å². The van der Waals surface area contributed by atoms with E-state index in [0.717, 1.165) is 25.3 Å². The number of rotatable bonds is 6. The van der Waals surface area contributed by atoms with Crippen LogP contribution >= 0.6 is 0 Å². The molecule has 0 aliphatic carbocycles. The van der Waals surface area contributed by atoms with Crippen LogP contribution in [0.2, 0.25) is 0 Å². The minimum atomic E-state index is -3.36. The average molecular weight is 311 g/mol. The second-order valence-corrected chi connectivity index (χ2v) is 7.27. The Morgan fingerprint density at radius 1 is 1.29 bits per heavy atom. The van der Waals surface area contributed by atoms with E-state index in [4.69, 9.17) is 0 Å². The van der Waals surface area contributed by atoms with Gasteiger partial charge in [-0.25, -0.2) is 13.1 Å². The van der Waals surface area contributed by atoms with Crippen LogP contribution in [0.15, 0.2) is 29.2 Å². The minimum absolute atomic E-state index is 0.306. The molecule has 1 aromatic rings. The van der Waals surface area contributed by atoms with Crippen LogP contribution in [0.25, 0.3) is 0 Å². The Hall–Kier alpha value is -1.11. The molecule has 0 saturated carbocycles. The van der Waals surface area contributed by atoms with Gasteiger partial charge in [0, 0.05) is 24.8 Å². The summed E-state index contributed by atoms with van der Waals surface area (Å²) in [6.07, 6.45) is 3.76. The number of sulfonamides is 1. The topological polar surface area (TPSA) is 61.4 Å². The number of hydrogen-bond acceptors (Lipinski definition) is 4. The summed E-state index contributed by atoms with van der Waals surface area (Å²) in [6, 6.07) is 7.63. The van der Waals surface area contributed by atoms with Crippen molar-refractivity contribution in [1.82, 2.24) is 10.0 Å². The van der Waals surface area contributed by atoms with Crippen molar-refractivity contribution in [2.24, 2.45) is 0 Å². The van der Waals surface area contributed by atoms with Crippen LogP contribution in [-0.4, -0.2) is 41.1 Å². The number of likely N-dealkylation sites (N-methyl/N-ethyl adjacent to an activating group) is 1. The van der Waals surface area contributed by atoms with Crippen LogP contribution in [0, 0.1) is 0 Å². The number of benzene rings is 1. The molecule has 2 rings (SSSR count). The van der Waals surface area contributed by atoms with E-state index in [1.165, 1.54) is 26.3 Å². The maximum atomic E-state index is 11.7. The maximum absolute atomic E-state index is 11.7. The molecule has 0 aromatic heterocycles. The van der Waals surface area contributed by atoms with Crippen LogP contribution in [-0.2, 0) is 10.0 Å². The van der Waals surface area contributed by atoms with Gasteiger partial charge in [0.1, 0.15) is 0 Å². The van der Waals surface area contributed by atoms with Gasteiger partial charge in [-0.2, -0.15) is 0 Å². The SMILES string of the molecule is CCN(CC1CCCCN1)c1ccc(S(=O)(=O)NC)cc1. The summed E-state index contributed by atoms with van der Waals surface area (Å²) in [6.45, 7) is 5.10. The lowest BCUT2D eigenvalue weighted by Gasteiger charge is -2.31. The lowest BCUT2D eigenvalue weighted by atomic mass is 10.0. The van der Waals surface area contributed by atoms with Gasteiger partial charge in [0.25, 0.3) is 0 Å². The molecule has 5 nitrogen and oxygen atoms in total. The van der Waals surface area contributed by atoms with Gasteiger partial charge in [-0.05, 0) is 57.6 Å². The fourth-order valence-electron chi connectivity index (χ4n) is 2.72. The summed E-state index contributed by atoms with van der Waals surface area (Å²) in [4.78, 5) is 2.60. The highest BCUT2D eigenvalue weighted by Crippen LogP contribution is 2.19. The molecule has 1 fully saturated rings. The Morgan fingerprint density at radius 3 is 2.52 bits per heavy atom. The summed E-state index contributed by atoms with van der Waals surface area (Å²) in [5.74, 6) is 0. The standard InChI is InChI=1S/C15H25N3O2S/c1-3-18(12-13-6-4-5-11-17-13)14-7-9-15(10-8-14)21(19,20)16-2/h7-10,13,16-17H,3-6,11-12H2,1-2H3. The normalized spacial score (nSPS) is 19.4. The Kier molecular flexibility index (Phi) is 5.61. The van der Waals surface area contributed by atoms with E-state index in [1.807, 2.05) is 12.1 Å². The third kappa shape index (κ3) is 4.18. The fraction of sp³-hybridized carbons (Fsp3) is 0.600. The van der Waals surface area contributed by atoms with Gasteiger partial charge in [0.2, 0.25) is 10.0 Å². The van der Waals surface area contributed by atoms with E-state index in [2.05, 4.69) is 21.9 Å². The van der Waals surface area contributed by atoms with E-state index in [0.29, 0.717) is 10.9 Å². The lowest BCUT2D eigenvalue weighted by molar-refractivity contribution is 0.400. The molecule has 2 N–H and O–H groups in total. The first kappa shape index (κ1) is 16.3. The first-order valence-corrected chi connectivity index (χ1v) is 9.07.